The van der Waals surface area contributed by atoms with Crippen LogP contribution in [0.15, 0.2) is 23.1 Å². The minimum Gasteiger partial charge on any atom is -0.352 e. The van der Waals surface area contributed by atoms with E-state index in [4.69, 9.17) is 0 Å². The predicted octanol–water partition coefficient (Wildman–Crippen LogP) is 2.43. The number of rotatable bonds is 8. The van der Waals surface area contributed by atoms with Gasteiger partial charge in [0, 0.05) is 18.2 Å². The van der Waals surface area contributed by atoms with Gasteiger partial charge in [0.1, 0.15) is 0 Å². The minimum atomic E-state index is -3.55. The fourth-order valence-corrected chi connectivity index (χ4v) is 4.79. The SMILES string of the molecule is Cc1ccc(S(=O)(=O)NC2CC2)cc1C(=O)NCCCN1CCCCCC1. The monoisotopic (exact) mass is 393 g/mol. The number of nitrogens with zero attached hydrogens (tertiary/aromatic N) is 1. The number of carbonyl (C=O) groups is 1. The maximum Gasteiger partial charge on any atom is 0.251 e. The van der Waals surface area contributed by atoms with E-state index in [1.807, 2.05) is 6.92 Å². The van der Waals surface area contributed by atoms with Crippen LogP contribution in [0.2, 0.25) is 0 Å². The Morgan fingerprint density at radius 2 is 1.85 bits per heavy atom. The summed E-state index contributed by atoms with van der Waals surface area (Å²) in [5.74, 6) is -0.202. The number of hydrogen-bond donors (Lipinski definition) is 2. The Balaban J connectivity index is 1.53. The molecule has 1 saturated heterocycles. The van der Waals surface area contributed by atoms with Crippen molar-refractivity contribution < 1.29 is 13.2 Å². The van der Waals surface area contributed by atoms with Gasteiger partial charge in [0.15, 0.2) is 0 Å². The van der Waals surface area contributed by atoms with Gasteiger partial charge >= 0.3 is 0 Å². The predicted molar refractivity (Wildman–Crippen MR) is 106 cm³/mol. The van der Waals surface area contributed by atoms with Gasteiger partial charge in [0.2, 0.25) is 10.0 Å². The zero-order valence-electron chi connectivity index (χ0n) is 16.2. The summed E-state index contributed by atoms with van der Waals surface area (Å²) < 4.78 is 27.4. The second-order valence-electron chi connectivity index (χ2n) is 7.74. The highest BCUT2D eigenvalue weighted by Gasteiger charge is 2.28. The summed E-state index contributed by atoms with van der Waals surface area (Å²) in [6, 6.07) is 4.81. The van der Waals surface area contributed by atoms with Gasteiger partial charge in [0.05, 0.1) is 4.90 Å². The fraction of sp³-hybridized carbons (Fsp3) is 0.650. The highest BCUT2D eigenvalue weighted by Crippen LogP contribution is 2.23. The van der Waals surface area contributed by atoms with E-state index in [1.165, 1.54) is 31.7 Å². The maximum absolute atomic E-state index is 12.5. The lowest BCUT2D eigenvalue weighted by atomic mass is 10.1. The number of aryl methyl sites for hydroxylation is 1. The summed E-state index contributed by atoms with van der Waals surface area (Å²) in [6.45, 7) is 5.74. The Bertz CT molecular complexity index is 752. The van der Waals surface area contributed by atoms with Gasteiger partial charge in [-0.1, -0.05) is 18.9 Å². The Morgan fingerprint density at radius 1 is 1.15 bits per heavy atom. The molecular weight excluding hydrogens is 362 g/mol. The Morgan fingerprint density at radius 3 is 2.52 bits per heavy atom. The van der Waals surface area contributed by atoms with Crippen molar-refractivity contribution in [1.29, 1.82) is 0 Å². The van der Waals surface area contributed by atoms with Gasteiger partial charge in [0.25, 0.3) is 5.91 Å². The minimum absolute atomic E-state index is 0.0487. The quantitative estimate of drug-likeness (QED) is 0.665. The van der Waals surface area contributed by atoms with E-state index < -0.39 is 10.0 Å². The standard InChI is InChI=1S/C20H31N3O3S/c1-16-7-10-18(27(25,26)22-17-8-9-17)15-19(16)20(24)21-11-6-14-23-12-4-2-3-5-13-23/h7,10,15,17,22H,2-6,8-9,11-14H2,1H3,(H,21,24). The first-order valence-corrected chi connectivity index (χ1v) is 11.6. The molecule has 1 amide bonds. The molecule has 0 radical (unpaired) electrons. The summed E-state index contributed by atoms with van der Waals surface area (Å²) in [5.41, 5.74) is 1.22. The van der Waals surface area contributed by atoms with Gasteiger partial charge in [-0.05, 0) is 76.4 Å². The van der Waals surface area contributed by atoms with Crippen LogP contribution < -0.4 is 10.0 Å². The number of amides is 1. The largest absolute Gasteiger partial charge is 0.352 e. The van der Waals surface area contributed by atoms with Gasteiger partial charge in [-0.15, -0.1) is 0 Å². The lowest BCUT2D eigenvalue weighted by molar-refractivity contribution is 0.0951. The Kier molecular flexibility index (Phi) is 6.89. The summed E-state index contributed by atoms with van der Waals surface area (Å²) in [7, 11) is -3.55. The highest BCUT2D eigenvalue weighted by atomic mass is 32.2. The molecule has 7 heteroatoms. The van der Waals surface area contributed by atoms with Crippen molar-refractivity contribution in [2.45, 2.75) is 62.8 Å². The second-order valence-corrected chi connectivity index (χ2v) is 9.45. The lowest BCUT2D eigenvalue weighted by Gasteiger charge is -2.19. The van der Waals surface area contributed by atoms with Crippen molar-refractivity contribution in [3.05, 3.63) is 29.3 Å². The van der Waals surface area contributed by atoms with Crippen LogP contribution in [0, 0.1) is 6.92 Å². The summed E-state index contributed by atoms with van der Waals surface area (Å²) in [6.07, 6.45) is 7.85. The molecule has 2 fully saturated rings. The van der Waals surface area contributed by atoms with Crippen LogP contribution in [0.5, 0.6) is 0 Å². The van der Waals surface area contributed by atoms with Crippen LogP contribution in [0.1, 0.15) is 60.9 Å². The van der Waals surface area contributed by atoms with Gasteiger partial charge in [-0.25, -0.2) is 13.1 Å². The van der Waals surface area contributed by atoms with Crippen LogP contribution in [0.4, 0.5) is 0 Å². The molecule has 6 nitrogen and oxygen atoms in total. The molecule has 0 aromatic heterocycles. The smallest absolute Gasteiger partial charge is 0.251 e. The molecule has 1 aromatic rings. The number of nitrogens with one attached hydrogen (secondary N) is 2. The molecule has 0 atom stereocenters. The van der Waals surface area contributed by atoms with Crippen molar-refractivity contribution in [3.8, 4) is 0 Å². The van der Waals surface area contributed by atoms with Crippen molar-refractivity contribution in [2.75, 3.05) is 26.2 Å². The van der Waals surface area contributed by atoms with Gasteiger partial charge in [-0.3, -0.25) is 4.79 Å². The number of carbonyl (C=O) groups excluding carboxylic acids is 1. The van der Waals surface area contributed by atoms with Crippen LogP contribution in [0.25, 0.3) is 0 Å². The van der Waals surface area contributed by atoms with Gasteiger partial charge in [-0.2, -0.15) is 0 Å². The first kappa shape index (κ1) is 20.3. The van der Waals surface area contributed by atoms with Crippen LogP contribution in [-0.4, -0.2) is 51.4 Å². The molecule has 2 N–H and O–H groups in total. The molecule has 0 spiro atoms. The lowest BCUT2D eigenvalue weighted by Crippen LogP contribution is -2.31. The first-order chi connectivity index (χ1) is 13.0. The number of likely N-dealkylation sites (tertiary alicyclic amines) is 1. The van der Waals surface area contributed by atoms with E-state index in [9.17, 15) is 13.2 Å². The molecule has 2 aliphatic rings. The zero-order chi connectivity index (χ0) is 19.3. The zero-order valence-corrected chi connectivity index (χ0v) is 17.0. The number of benzene rings is 1. The number of sulfonamides is 1. The third-order valence-corrected chi connectivity index (χ3v) is 6.82. The van der Waals surface area contributed by atoms with E-state index in [2.05, 4.69) is 14.9 Å². The highest BCUT2D eigenvalue weighted by molar-refractivity contribution is 7.89. The average Bonchev–Trinajstić information content (AvgIpc) is 3.46. The molecule has 1 aromatic carbocycles. The third-order valence-electron chi connectivity index (χ3n) is 5.30. The molecule has 150 valence electrons. The van der Waals surface area contributed by atoms with Crippen molar-refractivity contribution in [3.63, 3.8) is 0 Å². The molecule has 1 heterocycles. The second kappa shape index (κ2) is 9.17. The van der Waals surface area contributed by atoms with Crippen LogP contribution in [0.3, 0.4) is 0 Å². The molecule has 0 unspecified atom stereocenters. The molecule has 1 saturated carbocycles. The average molecular weight is 394 g/mol. The van der Waals surface area contributed by atoms with E-state index in [0.29, 0.717) is 12.1 Å². The summed E-state index contributed by atoms with van der Waals surface area (Å²) in [5, 5.41) is 2.95. The Hall–Kier alpha value is -1.44. The van der Waals surface area contributed by atoms with Gasteiger partial charge < -0.3 is 10.2 Å². The molecule has 1 aliphatic carbocycles. The number of hydrogen-bond acceptors (Lipinski definition) is 4. The van der Waals surface area contributed by atoms with E-state index in [1.54, 1.807) is 12.1 Å². The van der Waals surface area contributed by atoms with E-state index in [-0.39, 0.29) is 16.8 Å². The van der Waals surface area contributed by atoms with Crippen molar-refractivity contribution in [1.82, 2.24) is 14.9 Å². The van der Waals surface area contributed by atoms with E-state index >= 15 is 0 Å². The first-order valence-electron chi connectivity index (χ1n) is 10.1. The molecular formula is C20H31N3O3S. The molecule has 27 heavy (non-hydrogen) atoms. The topological polar surface area (TPSA) is 78.5 Å². The summed E-state index contributed by atoms with van der Waals surface area (Å²) in [4.78, 5) is 15.2. The molecule has 0 bridgehead atoms. The maximum atomic E-state index is 12.5. The van der Waals surface area contributed by atoms with E-state index in [0.717, 1.165) is 44.5 Å². The third kappa shape index (κ3) is 6.02. The normalized spacial score (nSPS) is 18.9. The van der Waals surface area contributed by atoms with Crippen molar-refractivity contribution in [2.24, 2.45) is 0 Å². The fourth-order valence-electron chi connectivity index (χ4n) is 3.46. The van der Waals surface area contributed by atoms with Crippen molar-refractivity contribution >= 4 is 15.9 Å². The van der Waals surface area contributed by atoms with Crippen LogP contribution in [-0.2, 0) is 10.0 Å². The Labute approximate surface area is 162 Å². The molecule has 1 aliphatic heterocycles. The molecule has 3 rings (SSSR count). The van der Waals surface area contributed by atoms with Crippen LogP contribution >= 0.6 is 0 Å². The summed E-state index contributed by atoms with van der Waals surface area (Å²) >= 11 is 0.